The zero-order valence-corrected chi connectivity index (χ0v) is 13.1. The summed E-state index contributed by atoms with van der Waals surface area (Å²) in [5, 5.41) is 3.26. The van der Waals surface area contributed by atoms with E-state index in [-0.39, 0.29) is 5.60 Å². The van der Waals surface area contributed by atoms with Crippen LogP contribution in [0, 0.1) is 0 Å². The van der Waals surface area contributed by atoms with Gasteiger partial charge in [0.25, 0.3) is 0 Å². The van der Waals surface area contributed by atoms with E-state index < -0.39 is 0 Å². The summed E-state index contributed by atoms with van der Waals surface area (Å²) in [6.07, 6.45) is 6.21. The van der Waals surface area contributed by atoms with Gasteiger partial charge in [-0.25, -0.2) is 0 Å². The molecule has 20 heavy (non-hydrogen) atoms. The molecule has 0 radical (unpaired) electrons. The molecular weight excluding hydrogens is 258 g/mol. The fraction of sp³-hybridized carbons (Fsp3) is 1.00. The van der Waals surface area contributed by atoms with Crippen LogP contribution in [0.2, 0.25) is 0 Å². The van der Waals surface area contributed by atoms with Crippen molar-refractivity contribution < 1.29 is 18.9 Å². The summed E-state index contributed by atoms with van der Waals surface area (Å²) in [7, 11) is 3.66. The van der Waals surface area contributed by atoms with Crippen LogP contribution in [0.15, 0.2) is 0 Å². The van der Waals surface area contributed by atoms with Crippen molar-refractivity contribution in [3.05, 3.63) is 0 Å². The minimum absolute atomic E-state index is 0.0331. The van der Waals surface area contributed by atoms with Gasteiger partial charge in [-0.05, 0) is 19.9 Å². The van der Waals surface area contributed by atoms with Crippen LogP contribution in [0.4, 0.5) is 0 Å². The summed E-state index contributed by atoms with van der Waals surface area (Å²) >= 11 is 0. The van der Waals surface area contributed by atoms with Crippen molar-refractivity contribution in [3.8, 4) is 0 Å². The lowest BCUT2D eigenvalue weighted by molar-refractivity contribution is -0.0885. The third-order valence-electron chi connectivity index (χ3n) is 3.70. The quantitative estimate of drug-likeness (QED) is 0.553. The molecule has 1 aliphatic carbocycles. The molecule has 0 aromatic heterocycles. The molecule has 0 aromatic rings. The standard InChI is InChI=1S/C15H31NO4/c1-16-14-15(6-4-3-5-7-15)20-13-12-19-11-10-18-9-8-17-2/h16H,3-14H2,1-2H3. The molecule has 1 aliphatic rings. The highest BCUT2D eigenvalue weighted by molar-refractivity contribution is 4.86. The summed E-state index contributed by atoms with van der Waals surface area (Å²) in [6, 6.07) is 0. The molecule has 0 spiro atoms. The first-order valence-electron chi connectivity index (χ1n) is 7.76. The van der Waals surface area contributed by atoms with E-state index in [1.165, 1.54) is 19.3 Å². The van der Waals surface area contributed by atoms with Crippen molar-refractivity contribution in [2.24, 2.45) is 0 Å². The SMILES string of the molecule is CNCC1(OCCOCCOCCOC)CCCCC1. The fourth-order valence-electron chi connectivity index (χ4n) is 2.67. The topological polar surface area (TPSA) is 49.0 Å². The molecule has 0 heterocycles. The molecule has 1 rings (SSSR count). The smallest absolute Gasteiger partial charge is 0.0807 e. The van der Waals surface area contributed by atoms with Gasteiger partial charge in [-0.3, -0.25) is 0 Å². The molecule has 1 fully saturated rings. The number of ether oxygens (including phenoxy) is 4. The zero-order chi connectivity index (χ0) is 14.5. The number of methoxy groups -OCH3 is 1. The van der Waals surface area contributed by atoms with Gasteiger partial charge in [0.1, 0.15) is 0 Å². The maximum atomic E-state index is 6.11. The summed E-state index contributed by atoms with van der Waals surface area (Å²) < 4.78 is 21.8. The minimum atomic E-state index is 0.0331. The molecule has 120 valence electrons. The van der Waals surface area contributed by atoms with Crippen molar-refractivity contribution >= 4 is 0 Å². The lowest BCUT2D eigenvalue weighted by Crippen LogP contribution is -2.44. The van der Waals surface area contributed by atoms with E-state index in [0.717, 1.165) is 19.4 Å². The Hall–Kier alpha value is -0.200. The number of nitrogens with one attached hydrogen (secondary N) is 1. The molecular formula is C15H31NO4. The van der Waals surface area contributed by atoms with Crippen LogP contribution in [-0.4, -0.2) is 65.9 Å². The molecule has 1 N–H and O–H groups in total. The van der Waals surface area contributed by atoms with E-state index in [1.54, 1.807) is 7.11 Å². The van der Waals surface area contributed by atoms with Gasteiger partial charge in [0.15, 0.2) is 0 Å². The Labute approximate surface area is 123 Å². The van der Waals surface area contributed by atoms with Crippen LogP contribution in [0.1, 0.15) is 32.1 Å². The van der Waals surface area contributed by atoms with Gasteiger partial charge in [-0.2, -0.15) is 0 Å². The first-order valence-corrected chi connectivity index (χ1v) is 7.76. The first-order chi connectivity index (χ1) is 9.83. The highest BCUT2D eigenvalue weighted by Crippen LogP contribution is 2.30. The third kappa shape index (κ3) is 7.55. The molecule has 0 bridgehead atoms. The van der Waals surface area contributed by atoms with Gasteiger partial charge in [-0.1, -0.05) is 19.3 Å². The van der Waals surface area contributed by atoms with E-state index in [0.29, 0.717) is 39.6 Å². The van der Waals surface area contributed by atoms with Gasteiger partial charge in [-0.15, -0.1) is 0 Å². The second-order valence-electron chi connectivity index (χ2n) is 5.34. The molecule has 1 saturated carbocycles. The van der Waals surface area contributed by atoms with Gasteiger partial charge < -0.3 is 24.3 Å². The predicted octanol–water partition coefficient (Wildman–Crippen LogP) is 1.60. The van der Waals surface area contributed by atoms with Crippen LogP contribution in [0.5, 0.6) is 0 Å². The van der Waals surface area contributed by atoms with Crippen molar-refractivity contribution in [1.82, 2.24) is 5.32 Å². The molecule has 0 saturated heterocycles. The third-order valence-corrected chi connectivity index (χ3v) is 3.70. The highest BCUT2D eigenvalue weighted by atomic mass is 16.6. The lowest BCUT2D eigenvalue weighted by Gasteiger charge is -2.37. The molecule has 0 amide bonds. The van der Waals surface area contributed by atoms with Crippen molar-refractivity contribution in [2.75, 3.05) is 60.3 Å². The monoisotopic (exact) mass is 289 g/mol. The Balaban J connectivity index is 2.00. The summed E-state index contributed by atoms with van der Waals surface area (Å²) in [4.78, 5) is 0. The van der Waals surface area contributed by atoms with E-state index in [9.17, 15) is 0 Å². The number of likely N-dealkylation sites (N-methyl/N-ethyl adjacent to an activating group) is 1. The fourth-order valence-corrected chi connectivity index (χ4v) is 2.67. The predicted molar refractivity (Wildman–Crippen MR) is 79.2 cm³/mol. The maximum Gasteiger partial charge on any atom is 0.0807 e. The Kier molecular flexibility index (Phi) is 10.2. The number of hydrogen-bond donors (Lipinski definition) is 1. The molecule has 0 aliphatic heterocycles. The van der Waals surface area contributed by atoms with E-state index in [4.69, 9.17) is 18.9 Å². The van der Waals surface area contributed by atoms with Gasteiger partial charge >= 0.3 is 0 Å². The lowest BCUT2D eigenvalue weighted by atomic mass is 9.84. The van der Waals surface area contributed by atoms with Gasteiger partial charge in [0, 0.05) is 13.7 Å². The maximum absolute atomic E-state index is 6.11. The average molecular weight is 289 g/mol. The van der Waals surface area contributed by atoms with Gasteiger partial charge in [0.05, 0.1) is 45.2 Å². The van der Waals surface area contributed by atoms with E-state index in [2.05, 4.69) is 5.32 Å². The minimum Gasteiger partial charge on any atom is -0.382 e. The molecule has 0 atom stereocenters. The Morgan fingerprint density at radius 3 is 2.05 bits per heavy atom. The van der Waals surface area contributed by atoms with E-state index in [1.807, 2.05) is 7.05 Å². The second-order valence-corrected chi connectivity index (χ2v) is 5.34. The average Bonchev–Trinajstić information content (AvgIpc) is 2.47. The molecule has 5 nitrogen and oxygen atoms in total. The Morgan fingerprint density at radius 1 is 0.850 bits per heavy atom. The Bertz CT molecular complexity index is 214. The van der Waals surface area contributed by atoms with Crippen LogP contribution in [-0.2, 0) is 18.9 Å². The molecule has 0 unspecified atom stereocenters. The highest BCUT2D eigenvalue weighted by Gasteiger charge is 2.31. The summed E-state index contributed by atoms with van der Waals surface area (Å²) in [5.41, 5.74) is 0.0331. The van der Waals surface area contributed by atoms with E-state index >= 15 is 0 Å². The second kappa shape index (κ2) is 11.5. The first kappa shape index (κ1) is 17.9. The largest absolute Gasteiger partial charge is 0.382 e. The van der Waals surface area contributed by atoms with Crippen molar-refractivity contribution in [1.29, 1.82) is 0 Å². The van der Waals surface area contributed by atoms with Crippen molar-refractivity contribution in [3.63, 3.8) is 0 Å². The number of hydrogen-bond acceptors (Lipinski definition) is 5. The summed E-state index contributed by atoms with van der Waals surface area (Å²) in [6.45, 7) is 4.74. The van der Waals surface area contributed by atoms with Crippen molar-refractivity contribution in [2.45, 2.75) is 37.7 Å². The zero-order valence-electron chi connectivity index (χ0n) is 13.1. The van der Waals surface area contributed by atoms with Crippen LogP contribution in [0.3, 0.4) is 0 Å². The number of rotatable bonds is 12. The molecule has 0 aromatic carbocycles. The summed E-state index contributed by atoms with van der Waals surface area (Å²) in [5.74, 6) is 0. The van der Waals surface area contributed by atoms with Crippen LogP contribution < -0.4 is 5.32 Å². The van der Waals surface area contributed by atoms with Gasteiger partial charge in [0.2, 0.25) is 0 Å². The Morgan fingerprint density at radius 2 is 1.45 bits per heavy atom. The molecule has 5 heteroatoms. The normalized spacial score (nSPS) is 18.3. The van der Waals surface area contributed by atoms with Crippen LogP contribution >= 0.6 is 0 Å². The van der Waals surface area contributed by atoms with Crippen LogP contribution in [0.25, 0.3) is 0 Å².